The lowest BCUT2D eigenvalue weighted by molar-refractivity contribution is 0.389. The minimum Gasteiger partial charge on any atom is -0.355 e. The van der Waals surface area contributed by atoms with Crippen LogP contribution in [0.5, 0.6) is 0 Å². The first-order valence-electron chi connectivity index (χ1n) is 8.17. The minimum absolute atomic E-state index is 0.0633. The molecule has 1 atom stereocenters. The summed E-state index contributed by atoms with van der Waals surface area (Å²) in [4.78, 5) is 18.8. The quantitative estimate of drug-likeness (QED) is 0.813. The van der Waals surface area contributed by atoms with E-state index < -0.39 is 10.0 Å². The highest BCUT2D eigenvalue weighted by Crippen LogP contribution is 2.33. The molecular weight excluding hydrogens is 328 g/mol. The molecule has 0 aromatic carbocycles. The number of fused-ring (bicyclic) bond motifs is 1. The second-order valence-electron chi connectivity index (χ2n) is 6.53. The number of pyridine rings is 1. The maximum atomic E-state index is 12.4. The van der Waals surface area contributed by atoms with Gasteiger partial charge in [-0.05, 0) is 31.4 Å². The van der Waals surface area contributed by atoms with Crippen molar-refractivity contribution in [2.45, 2.75) is 30.6 Å². The maximum Gasteiger partial charge on any atom is 0.259 e. The lowest BCUT2D eigenvalue weighted by Gasteiger charge is -2.24. The molecule has 0 radical (unpaired) electrons. The fourth-order valence-corrected chi connectivity index (χ4v) is 5.05. The first kappa shape index (κ1) is 15.6. The Morgan fingerprint density at radius 1 is 1.25 bits per heavy atom. The number of aromatic nitrogens is 2. The fraction of sp³-hybridized carbons (Fsp3) is 0.500. The van der Waals surface area contributed by atoms with Crippen LogP contribution in [-0.2, 0) is 10.0 Å². The van der Waals surface area contributed by atoms with Crippen molar-refractivity contribution in [3.63, 3.8) is 0 Å². The number of hydrogen-bond donors (Lipinski definition) is 0. The predicted molar refractivity (Wildman–Crippen MR) is 91.8 cm³/mol. The summed E-state index contributed by atoms with van der Waals surface area (Å²) < 4.78 is 27.8. The average molecular weight is 348 g/mol. The second kappa shape index (κ2) is 5.56. The van der Waals surface area contributed by atoms with Gasteiger partial charge in [0.2, 0.25) is 10.0 Å². The van der Waals surface area contributed by atoms with Crippen molar-refractivity contribution in [3.8, 4) is 0 Å². The molecule has 1 aliphatic carbocycles. The van der Waals surface area contributed by atoms with E-state index in [9.17, 15) is 13.2 Å². The number of hydrogen-bond acceptors (Lipinski definition) is 5. The third-order valence-electron chi connectivity index (χ3n) is 4.91. The predicted octanol–water partition coefficient (Wildman–Crippen LogP) is 0.697. The Morgan fingerprint density at radius 3 is 2.79 bits per heavy atom. The van der Waals surface area contributed by atoms with Crippen LogP contribution in [0.4, 0.5) is 5.82 Å². The third-order valence-corrected chi connectivity index (χ3v) is 7.32. The molecule has 4 rings (SSSR count). The summed E-state index contributed by atoms with van der Waals surface area (Å²) in [7, 11) is -1.51. The molecule has 2 aliphatic rings. The highest BCUT2D eigenvalue weighted by atomic mass is 32.2. The van der Waals surface area contributed by atoms with Gasteiger partial charge >= 0.3 is 0 Å². The SMILES string of the molecule is CN(C1CCN(c2cc(=O)n3ccccc3n2)C1)S(=O)(=O)C1CC1. The van der Waals surface area contributed by atoms with Gasteiger partial charge < -0.3 is 4.90 Å². The van der Waals surface area contributed by atoms with Crippen molar-refractivity contribution >= 4 is 21.5 Å². The number of nitrogens with zero attached hydrogens (tertiary/aromatic N) is 4. The minimum atomic E-state index is -3.18. The van der Waals surface area contributed by atoms with E-state index in [0.717, 1.165) is 19.3 Å². The largest absolute Gasteiger partial charge is 0.355 e. The molecule has 128 valence electrons. The molecule has 7 nitrogen and oxygen atoms in total. The highest BCUT2D eigenvalue weighted by molar-refractivity contribution is 7.90. The molecule has 2 fully saturated rings. The number of anilines is 1. The summed E-state index contributed by atoms with van der Waals surface area (Å²) in [5.74, 6) is 0.617. The molecule has 2 aromatic rings. The lowest BCUT2D eigenvalue weighted by atomic mass is 10.3. The van der Waals surface area contributed by atoms with Crippen LogP contribution in [0.1, 0.15) is 19.3 Å². The Balaban J connectivity index is 1.58. The van der Waals surface area contributed by atoms with Crippen molar-refractivity contribution in [2.75, 3.05) is 25.0 Å². The van der Waals surface area contributed by atoms with Crippen LogP contribution in [0.25, 0.3) is 5.65 Å². The number of likely N-dealkylation sites (N-methyl/N-ethyl adjacent to an activating group) is 1. The van der Waals surface area contributed by atoms with Crippen molar-refractivity contribution in [3.05, 3.63) is 40.8 Å². The zero-order chi connectivity index (χ0) is 16.9. The highest BCUT2D eigenvalue weighted by Gasteiger charge is 2.42. The smallest absolute Gasteiger partial charge is 0.259 e. The van der Waals surface area contributed by atoms with Gasteiger partial charge in [-0.1, -0.05) is 6.07 Å². The first-order valence-corrected chi connectivity index (χ1v) is 9.67. The standard InChI is InChI=1S/C16H20N4O3S/c1-18(24(22,23)13-5-6-13)12-7-9-19(11-12)15-10-16(21)20-8-3-2-4-14(20)17-15/h2-4,8,10,12-13H,5-7,9,11H2,1H3. The van der Waals surface area contributed by atoms with E-state index in [1.807, 2.05) is 11.0 Å². The second-order valence-corrected chi connectivity index (χ2v) is 8.80. The van der Waals surface area contributed by atoms with Crippen LogP contribution in [0.15, 0.2) is 35.3 Å². The van der Waals surface area contributed by atoms with Crippen LogP contribution in [0.2, 0.25) is 0 Å². The number of rotatable bonds is 4. The van der Waals surface area contributed by atoms with E-state index in [-0.39, 0.29) is 16.9 Å². The molecule has 1 unspecified atom stereocenters. The molecule has 2 aromatic heterocycles. The molecule has 0 bridgehead atoms. The molecule has 1 aliphatic heterocycles. The van der Waals surface area contributed by atoms with Crippen LogP contribution < -0.4 is 10.5 Å². The Hall–Kier alpha value is -1.93. The van der Waals surface area contributed by atoms with Crippen molar-refractivity contribution < 1.29 is 8.42 Å². The zero-order valence-corrected chi connectivity index (χ0v) is 14.3. The normalized spacial score (nSPS) is 21.8. The average Bonchev–Trinajstić information content (AvgIpc) is 3.32. The van der Waals surface area contributed by atoms with Crippen LogP contribution in [0, 0.1) is 0 Å². The first-order chi connectivity index (χ1) is 11.5. The van der Waals surface area contributed by atoms with E-state index in [0.29, 0.717) is 24.6 Å². The van der Waals surface area contributed by atoms with Crippen molar-refractivity contribution in [1.29, 1.82) is 0 Å². The monoisotopic (exact) mass is 348 g/mol. The lowest BCUT2D eigenvalue weighted by Crippen LogP contribution is -2.40. The van der Waals surface area contributed by atoms with E-state index in [4.69, 9.17) is 0 Å². The maximum absolute atomic E-state index is 12.4. The summed E-state index contributed by atoms with van der Waals surface area (Å²) in [6.07, 6.45) is 3.98. The summed E-state index contributed by atoms with van der Waals surface area (Å²) in [6, 6.07) is 6.88. The van der Waals surface area contributed by atoms with Crippen LogP contribution >= 0.6 is 0 Å². The van der Waals surface area contributed by atoms with Crippen molar-refractivity contribution in [2.24, 2.45) is 0 Å². The van der Waals surface area contributed by atoms with Gasteiger partial charge in [0.05, 0.1) is 5.25 Å². The molecule has 8 heteroatoms. The number of sulfonamides is 1. The summed E-state index contributed by atoms with van der Waals surface area (Å²) in [5, 5.41) is -0.194. The summed E-state index contributed by atoms with van der Waals surface area (Å²) >= 11 is 0. The summed E-state index contributed by atoms with van der Waals surface area (Å²) in [6.45, 7) is 1.27. The van der Waals surface area contributed by atoms with Gasteiger partial charge in [0.15, 0.2) is 0 Å². The Labute approximate surface area is 140 Å². The molecular formula is C16H20N4O3S. The van der Waals surface area contributed by atoms with Gasteiger partial charge in [-0.2, -0.15) is 4.31 Å². The zero-order valence-electron chi connectivity index (χ0n) is 13.5. The molecule has 0 amide bonds. The van der Waals surface area contributed by atoms with Gasteiger partial charge in [0, 0.05) is 38.4 Å². The van der Waals surface area contributed by atoms with E-state index >= 15 is 0 Å². The van der Waals surface area contributed by atoms with Gasteiger partial charge in [-0.15, -0.1) is 0 Å². The Kier molecular flexibility index (Phi) is 3.61. The molecule has 0 spiro atoms. The molecule has 1 saturated carbocycles. The van der Waals surface area contributed by atoms with E-state index in [1.165, 1.54) is 14.8 Å². The Bertz CT molecular complexity index is 936. The third kappa shape index (κ3) is 2.59. The van der Waals surface area contributed by atoms with E-state index in [2.05, 4.69) is 4.98 Å². The topological polar surface area (TPSA) is 75.0 Å². The molecule has 1 saturated heterocycles. The molecule has 3 heterocycles. The fourth-order valence-electron chi connectivity index (χ4n) is 3.26. The van der Waals surface area contributed by atoms with Gasteiger partial charge in [-0.25, -0.2) is 13.4 Å². The van der Waals surface area contributed by atoms with E-state index in [1.54, 1.807) is 25.4 Å². The van der Waals surface area contributed by atoms with Gasteiger partial charge in [-0.3, -0.25) is 9.20 Å². The van der Waals surface area contributed by atoms with Crippen LogP contribution in [-0.4, -0.2) is 53.5 Å². The molecule has 24 heavy (non-hydrogen) atoms. The van der Waals surface area contributed by atoms with Gasteiger partial charge in [0.25, 0.3) is 5.56 Å². The van der Waals surface area contributed by atoms with Crippen LogP contribution in [0.3, 0.4) is 0 Å². The van der Waals surface area contributed by atoms with Gasteiger partial charge in [0.1, 0.15) is 11.5 Å². The Morgan fingerprint density at radius 2 is 2.04 bits per heavy atom. The molecule has 0 N–H and O–H groups in total. The summed E-state index contributed by atoms with van der Waals surface area (Å²) in [5.41, 5.74) is 0.473. The van der Waals surface area contributed by atoms with Crippen molar-refractivity contribution in [1.82, 2.24) is 13.7 Å².